The summed E-state index contributed by atoms with van der Waals surface area (Å²) in [5, 5.41) is 0.342. The Bertz CT molecular complexity index is 322. The summed E-state index contributed by atoms with van der Waals surface area (Å²) >= 11 is 0. The van der Waals surface area contributed by atoms with Crippen LogP contribution in [0.3, 0.4) is 0 Å². The highest BCUT2D eigenvalue weighted by molar-refractivity contribution is 6.83. The Kier molecular flexibility index (Phi) is 3.14. The van der Waals surface area contributed by atoms with Crippen LogP contribution in [-0.4, -0.2) is 8.24 Å². The van der Waals surface area contributed by atoms with E-state index >= 15 is 0 Å². The zero-order valence-corrected chi connectivity index (χ0v) is 11.4. The molecule has 0 bridgehead atoms. The monoisotopic (exact) mass is 222 g/mol. The van der Waals surface area contributed by atoms with Gasteiger partial charge < -0.3 is 10.7 Å². The van der Waals surface area contributed by atoms with Gasteiger partial charge in [0.1, 0.15) is 0 Å². The molecule has 84 valence electrons. The molecule has 0 amide bonds. The Morgan fingerprint density at radius 1 is 1.07 bits per heavy atom. The van der Waals surface area contributed by atoms with Crippen molar-refractivity contribution >= 4 is 19.6 Å². The normalized spacial score (nSPS) is 12.6. The van der Waals surface area contributed by atoms with Crippen LogP contribution in [0.25, 0.3) is 0 Å². The van der Waals surface area contributed by atoms with Gasteiger partial charge in [0.2, 0.25) is 0 Å². The highest BCUT2D eigenvalue weighted by Gasteiger charge is 2.35. The van der Waals surface area contributed by atoms with Gasteiger partial charge in [-0.15, -0.1) is 0 Å². The maximum atomic E-state index is 5.66. The summed E-state index contributed by atoms with van der Waals surface area (Å²) in [4.78, 5) is 3.67. The zero-order valence-electron chi connectivity index (χ0n) is 10.4. The van der Waals surface area contributed by atoms with Crippen LogP contribution >= 0.6 is 0 Å². The molecule has 0 saturated carbocycles. The Hall–Kier alpha value is -0.963. The largest absolute Gasteiger partial charge is 0.410 e. The molecule has 0 spiro atoms. The minimum atomic E-state index is -1.45. The summed E-state index contributed by atoms with van der Waals surface area (Å²) in [5.74, 6) is 0. The van der Waals surface area contributed by atoms with Crippen molar-refractivity contribution in [1.82, 2.24) is 0 Å². The Labute approximate surface area is 94.0 Å². The number of hydrogen-bond acceptors (Lipinski definition) is 2. The molecular weight excluding hydrogens is 200 g/mol. The predicted molar refractivity (Wildman–Crippen MR) is 71.7 cm³/mol. The van der Waals surface area contributed by atoms with Crippen molar-refractivity contribution in [2.75, 3.05) is 10.7 Å². The third-order valence-electron chi connectivity index (χ3n) is 3.24. The van der Waals surface area contributed by atoms with Gasteiger partial charge in [-0.25, -0.2) is 0 Å². The fourth-order valence-electron chi connectivity index (χ4n) is 1.11. The summed E-state index contributed by atoms with van der Waals surface area (Å²) in [5.41, 5.74) is 7.65. The van der Waals surface area contributed by atoms with Crippen molar-refractivity contribution in [1.29, 1.82) is 0 Å². The zero-order chi connectivity index (χ0) is 11.7. The van der Waals surface area contributed by atoms with Crippen molar-refractivity contribution in [3.05, 3.63) is 24.3 Å². The molecular formula is C12H22N2Si. The maximum absolute atomic E-state index is 5.66. The number of hydrogen-bond donors (Lipinski definition) is 2. The van der Waals surface area contributed by atoms with Gasteiger partial charge in [0.25, 0.3) is 0 Å². The first kappa shape index (κ1) is 12.1. The van der Waals surface area contributed by atoms with E-state index < -0.39 is 8.24 Å². The fourth-order valence-corrected chi connectivity index (χ4v) is 2.38. The lowest BCUT2D eigenvalue weighted by atomic mass is 10.2. The lowest BCUT2D eigenvalue weighted by Crippen LogP contribution is -2.45. The molecule has 3 heteroatoms. The number of nitrogen functional groups attached to an aromatic ring is 1. The van der Waals surface area contributed by atoms with Crippen molar-refractivity contribution in [2.24, 2.45) is 0 Å². The highest BCUT2D eigenvalue weighted by Crippen LogP contribution is 2.36. The Balaban J connectivity index is 2.82. The molecule has 1 aromatic carbocycles. The predicted octanol–water partition coefficient (Wildman–Crippen LogP) is 3.69. The van der Waals surface area contributed by atoms with E-state index in [9.17, 15) is 0 Å². The van der Waals surface area contributed by atoms with Crippen LogP contribution in [-0.2, 0) is 0 Å². The first-order chi connectivity index (χ1) is 6.72. The quantitative estimate of drug-likeness (QED) is 0.591. The number of nitrogens with one attached hydrogen (secondary N) is 1. The lowest BCUT2D eigenvalue weighted by molar-refractivity contribution is 0.723. The SMILES string of the molecule is CC(C)(C)[Si](C)(C)Nc1ccc(N)cc1. The van der Waals surface area contributed by atoms with Crippen molar-refractivity contribution < 1.29 is 0 Å². The van der Waals surface area contributed by atoms with E-state index in [1.807, 2.05) is 12.1 Å². The summed E-state index contributed by atoms with van der Waals surface area (Å²) in [6.07, 6.45) is 0. The molecule has 0 aliphatic rings. The smallest absolute Gasteiger partial charge is 0.152 e. The van der Waals surface area contributed by atoms with Gasteiger partial charge in [-0.2, -0.15) is 0 Å². The van der Waals surface area contributed by atoms with E-state index in [0.29, 0.717) is 5.04 Å². The first-order valence-corrected chi connectivity index (χ1v) is 8.36. The van der Waals surface area contributed by atoms with E-state index in [4.69, 9.17) is 5.73 Å². The molecule has 0 saturated heterocycles. The van der Waals surface area contributed by atoms with E-state index in [-0.39, 0.29) is 0 Å². The third kappa shape index (κ3) is 2.99. The van der Waals surface area contributed by atoms with Gasteiger partial charge >= 0.3 is 0 Å². The van der Waals surface area contributed by atoms with Crippen molar-refractivity contribution in [2.45, 2.75) is 38.9 Å². The van der Waals surface area contributed by atoms with Crippen molar-refractivity contribution in [3.8, 4) is 0 Å². The van der Waals surface area contributed by atoms with E-state index in [1.165, 1.54) is 5.69 Å². The second-order valence-electron chi connectivity index (χ2n) is 5.62. The molecule has 0 aromatic heterocycles. The molecule has 0 atom stereocenters. The number of rotatable bonds is 2. The maximum Gasteiger partial charge on any atom is 0.152 e. The second-order valence-corrected chi connectivity index (χ2v) is 10.6. The molecule has 1 rings (SSSR count). The number of benzene rings is 1. The van der Waals surface area contributed by atoms with Crippen LogP contribution in [0.15, 0.2) is 24.3 Å². The molecule has 0 aliphatic carbocycles. The van der Waals surface area contributed by atoms with Gasteiger partial charge in [0.05, 0.1) is 0 Å². The van der Waals surface area contributed by atoms with Gasteiger partial charge in [-0.3, -0.25) is 0 Å². The molecule has 0 unspecified atom stereocenters. The van der Waals surface area contributed by atoms with Crippen molar-refractivity contribution in [3.63, 3.8) is 0 Å². The average Bonchev–Trinajstić information content (AvgIpc) is 2.06. The van der Waals surface area contributed by atoms with Crippen LogP contribution in [0.5, 0.6) is 0 Å². The molecule has 15 heavy (non-hydrogen) atoms. The first-order valence-electron chi connectivity index (χ1n) is 5.36. The molecule has 0 fully saturated rings. The van der Waals surface area contributed by atoms with Crippen LogP contribution < -0.4 is 10.7 Å². The molecule has 3 N–H and O–H groups in total. The molecule has 0 aliphatic heterocycles. The summed E-state index contributed by atoms with van der Waals surface area (Å²) in [6, 6.07) is 7.98. The molecule has 0 heterocycles. The second kappa shape index (κ2) is 3.89. The van der Waals surface area contributed by atoms with Gasteiger partial charge in [-0.1, -0.05) is 33.9 Å². The Morgan fingerprint density at radius 3 is 1.93 bits per heavy atom. The van der Waals surface area contributed by atoms with Crippen LogP contribution in [0.4, 0.5) is 11.4 Å². The molecule has 2 nitrogen and oxygen atoms in total. The van der Waals surface area contributed by atoms with Gasteiger partial charge in [-0.05, 0) is 29.3 Å². The fraction of sp³-hybridized carbons (Fsp3) is 0.500. The lowest BCUT2D eigenvalue weighted by Gasteiger charge is -2.38. The molecule has 1 aromatic rings. The van der Waals surface area contributed by atoms with Crippen LogP contribution in [0, 0.1) is 0 Å². The van der Waals surface area contributed by atoms with Crippen LogP contribution in [0.2, 0.25) is 18.1 Å². The van der Waals surface area contributed by atoms with E-state index in [0.717, 1.165) is 5.69 Å². The van der Waals surface area contributed by atoms with E-state index in [1.54, 1.807) is 0 Å². The minimum absolute atomic E-state index is 0.342. The summed E-state index contributed by atoms with van der Waals surface area (Å²) in [7, 11) is -1.45. The van der Waals surface area contributed by atoms with Gasteiger partial charge in [0, 0.05) is 11.4 Å². The average molecular weight is 222 g/mol. The number of nitrogens with two attached hydrogens (primary N) is 1. The third-order valence-corrected chi connectivity index (χ3v) is 7.91. The standard InChI is InChI=1S/C12H22N2Si/c1-12(2,3)15(4,5)14-11-8-6-10(13)7-9-11/h6-9,14H,13H2,1-5H3. The Morgan fingerprint density at radius 2 is 1.53 bits per heavy atom. The minimum Gasteiger partial charge on any atom is -0.410 e. The highest BCUT2D eigenvalue weighted by atomic mass is 28.3. The molecule has 0 radical (unpaired) electrons. The number of anilines is 2. The summed E-state index contributed by atoms with van der Waals surface area (Å²) < 4.78 is 0. The topological polar surface area (TPSA) is 38.0 Å². The van der Waals surface area contributed by atoms with E-state index in [2.05, 4.69) is 51.0 Å². The summed E-state index contributed by atoms with van der Waals surface area (Å²) in [6.45, 7) is 11.6. The van der Waals surface area contributed by atoms with Crippen LogP contribution in [0.1, 0.15) is 20.8 Å². The van der Waals surface area contributed by atoms with Gasteiger partial charge in [0.15, 0.2) is 8.24 Å².